The number of aryl methyl sites for hydroxylation is 1. The van der Waals surface area contributed by atoms with Gasteiger partial charge in [-0.1, -0.05) is 0 Å². The highest BCUT2D eigenvalue weighted by Crippen LogP contribution is 2.16. The molecule has 2 aromatic heterocycles. The van der Waals surface area contributed by atoms with Crippen LogP contribution in [0.4, 0.5) is 0 Å². The number of hydrogen-bond donors (Lipinski definition) is 0. The van der Waals surface area contributed by atoms with Crippen LogP contribution >= 0.6 is 0 Å². The Balaban J connectivity index is 2.08. The molecule has 0 N–H and O–H groups in total. The molecule has 1 aliphatic heterocycles. The number of ether oxygens (including phenoxy) is 1. The molecule has 0 radical (unpaired) electrons. The molecule has 0 bridgehead atoms. The first-order chi connectivity index (χ1) is 8.70. The van der Waals surface area contributed by atoms with E-state index < -0.39 is 0 Å². The summed E-state index contributed by atoms with van der Waals surface area (Å²) in [7, 11) is 1.95. The Morgan fingerprint density at radius 1 is 1.56 bits per heavy atom. The fourth-order valence-electron chi connectivity index (χ4n) is 2.09. The lowest BCUT2D eigenvalue weighted by atomic mass is 10.4. The quantitative estimate of drug-likeness (QED) is 0.739. The zero-order chi connectivity index (χ0) is 12.7. The Morgan fingerprint density at radius 2 is 2.33 bits per heavy atom. The van der Waals surface area contributed by atoms with Crippen molar-refractivity contribution in [2.75, 3.05) is 6.61 Å². The van der Waals surface area contributed by atoms with Crippen molar-refractivity contribution in [3.63, 3.8) is 0 Å². The van der Waals surface area contributed by atoms with Crippen molar-refractivity contribution in [2.24, 2.45) is 7.05 Å². The molecule has 0 amide bonds. The fourth-order valence-corrected chi connectivity index (χ4v) is 2.09. The number of aromatic nitrogens is 4. The minimum absolute atomic E-state index is 0.0656. The van der Waals surface area contributed by atoms with E-state index in [1.54, 1.807) is 4.57 Å². The molecule has 1 atom stereocenters. The van der Waals surface area contributed by atoms with Crippen LogP contribution < -0.4 is 5.69 Å². The lowest BCUT2D eigenvalue weighted by Crippen LogP contribution is -2.26. The second-order valence-electron chi connectivity index (χ2n) is 4.49. The van der Waals surface area contributed by atoms with Gasteiger partial charge in [0.25, 0.3) is 0 Å². The standard InChI is InChI=1S/C12H16N4O2/c1-3-15-11(10-5-4-6-14(10)2)13-16(12(15)17)7-9-8-18-9/h4-6,9H,3,7-8H2,1-2H3. The zero-order valence-corrected chi connectivity index (χ0v) is 10.5. The molecule has 0 saturated carbocycles. The van der Waals surface area contributed by atoms with E-state index in [1.807, 2.05) is 36.9 Å². The van der Waals surface area contributed by atoms with Crippen LogP contribution in [0.2, 0.25) is 0 Å². The first-order valence-electron chi connectivity index (χ1n) is 6.11. The Labute approximate surface area is 104 Å². The van der Waals surface area contributed by atoms with Crippen molar-refractivity contribution in [3.05, 3.63) is 28.8 Å². The Hall–Kier alpha value is -1.82. The number of rotatable bonds is 4. The van der Waals surface area contributed by atoms with Gasteiger partial charge in [-0.25, -0.2) is 9.48 Å². The molecule has 1 saturated heterocycles. The topological polar surface area (TPSA) is 57.3 Å². The predicted molar refractivity (Wildman–Crippen MR) is 66.3 cm³/mol. The van der Waals surface area contributed by atoms with Gasteiger partial charge in [0.1, 0.15) is 6.10 Å². The number of nitrogens with zero attached hydrogens (tertiary/aromatic N) is 4. The molecule has 1 aliphatic rings. The molecule has 2 aromatic rings. The summed E-state index contributed by atoms with van der Waals surface area (Å²) in [5.41, 5.74) is 0.883. The van der Waals surface area contributed by atoms with Gasteiger partial charge < -0.3 is 9.30 Å². The third-order valence-electron chi connectivity index (χ3n) is 3.19. The average Bonchev–Trinajstić information content (AvgIpc) is 2.99. The van der Waals surface area contributed by atoms with Gasteiger partial charge in [0.05, 0.1) is 18.8 Å². The summed E-state index contributed by atoms with van der Waals surface area (Å²) in [6.07, 6.45) is 2.10. The third kappa shape index (κ3) is 1.78. The summed E-state index contributed by atoms with van der Waals surface area (Å²) in [5, 5.41) is 4.43. The van der Waals surface area contributed by atoms with Crippen molar-refractivity contribution < 1.29 is 4.74 Å². The van der Waals surface area contributed by atoms with Gasteiger partial charge in [0, 0.05) is 19.8 Å². The SMILES string of the molecule is CCn1c(-c2cccn2C)nn(CC2CO2)c1=O. The Bertz CT molecular complexity index is 618. The smallest absolute Gasteiger partial charge is 0.346 e. The minimum Gasteiger partial charge on any atom is -0.371 e. The molecule has 0 aliphatic carbocycles. The molecule has 3 heterocycles. The fraction of sp³-hybridized carbons (Fsp3) is 0.500. The summed E-state index contributed by atoms with van der Waals surface area (Å²) in [4.78, 5) is 12.2. The molecule has 0 spiro atoms. The first-order valence-corrected chi connectivity index (χ1v) is 6.11. The van der Waals surface area contributed by atoms with Gasteiger partial charge in [-0.3, -0.25) is 4.57 Å². The van der Waals surface area contributed by atoms with Crippen LogP contribution in [0, 0.1) is 0 Å². The van der Waals surface area contributed by atoms with Crippen molar-refractivity contribution in [1.29, 1.82) is 0 Å². The first kappa shape index (κ1) is 11.3. The van der Waals surface area contributed by atoms with Crippen LogP contribution in [0.25, 0.3) is 11.5 Å². The van der Waals surface area contributed by atoms with Gasteiger partial charge in [0.15, 0.2) is 5.82 Å². The van der Waals surface area contributed by atoms with Gasteiger partial charge in [-0.2, -0.15) is 0 Å². The van der Waals surface area contributed by atoms with Crippen LogP contribution in [0.1, 0.15) is 6.92 Å². The maximum atomic E-state index is 12.2. The van der Waals surface area contributed by atoms with E-state index in [4.69, 9.17) is 4.74 Å². The summed E-state index contributed by atoms with van der Waals surface area (Å²) >= 11 is 0. The lowest BCUT2D eigenvalue weighted by molar-refractivity contribution is 0.369. The molecule has 0 aromatic carbocycles. The highest BCUT2D eigenvalue weighted by molar-refractivity contribution is 5.50. The maximum Gasteiger partial charge on any atom is 0.346 e. The van der Waals surface area contributed by atoms with E-state index in [2.05, 4.69) is 5.10 Å². The van der Waals surface area contributed by atoms with E-state index >= 15 is 0 Å². The van der Waals surface area contributed by atoms with Gasteiger partial charge in [0.2, 0.25) is 0 Å². The average molecular weight is 248 g/mol. The molecule has 6 nitrogen and oxygen atoms in total. The lowest BCUT2D eigenvalue weighted by Gasteiger charge is -2.02. The molecular weight excluding hydrogens is 232 g/mol. The maximum absolute atomic E-state index is 12.2. The van der Waals surface area contributed by atoms with E-state index in [0.717, 1.165) is 18.1 Å². The highest BCUT2D eigenvalue weighted by Gasteiger charge is 2.26. The monoisotopic (exact) mass is 248 g/mol. The van der Waals surface area contributed by atoms with Crippen LogP contribution in [0.15, 0.2) is 23.1 Å². The molecule has 3 rings (SSSR count). The van der Waals surface area contributed by atoms with Gasteiger partial charge in [-0.05, 0) is 19.1 Å². The molecule has 6 heteroatoms. The van der Waals surface area contributed by atoms with Crippen molar-refractivity contribution in [3.8, 4) is 11.5 Å². The van der Waals surface area contributed by atoms with E-state index in [1.165, 1.54) is 4.68 Å². The Morgan fingerprint density at radius 3 is 2.89 bits per heavy atom. The second kappa shape index (κ2) is 4.13. The van der Waals surface area contributed by atoms with E-state index in [0.29, 0.717) is 13.1 Å². The summed E-state index contributed by atoms with van der Waals surface area (Å²) in [5.74, 6) is 0.718. The van der Waals surface area contributed by atoms with Gasteiger partial charge >= 0.3 is 5.69 Å². The zero-order valence-electron chi connectivity index (χ0n) is 10.5. The van der Waals surface area contributed by atoms with Crippen LogP contribution in [0.3, 0.4) is 0 Å². The second-order valence-corrected chi connectivity index (χ2v) is 4.49. The largest absolute Gasteiger partial charge is 0.371 e. The molecule has 1 unspecified atom stereocenters. The summed E-state index contributed by atoms with van der Waals surface area (Å²) < 4.78 is 10.3. The molecule has 18 heavy (non-hydrogen) atoms. The van der Waals surface area contributed by atoms with Crippen molar-refractivity contribution in [1.82, 2.24) is 18.9 Å². The van der Waals surface area contributed by atoms with Crippen molar-refractivity contribution in [2.45, 2.75) is 26.1 Å². The van der Waals surface area contributed by atoms with Crippen molar-refractivity contribution >= 4 is 0 Å². The van der Waals surface area contributed by atoms with E-state index in [9.17, 15) is 4.79 Å². The highest BCUT2D eigenvalue weighted by atomic mass is 16.6. The van der Waals surface area contributed by atoms with Crippen LogP contribution in [-0.4, -0.2) is 31.6 Å². The van der Waals surface area contributed by atoms with Crippen LogP contribution in [-0.2, 0) is 24.9 Å². The summed E-state index contributed by atoms with van der Waals surface area (Å²) in [6.45, 7) is 3.84. The van der Waals surface area contributed by atoms with E-state index in [-0.39, 0.29) is 11.8 Å². The molecule has 96 valence electrons. The molecule has 1 fully saturated rings. The Kier molecular flexibility index (Phi) is 2.59. The summed E-state index contributed by atoms with van der Waals surface area (Å²) in [6, 6.07) is 3.91. The normalized spacial score (nSPS) is 18.2. The number of epoxide rings is 1. The van der Waals surface area contributed by atoms with Gasteiger partial charge in [-0.15, -0.1) is 5.10 Å². The predicted octanol–water partition coefficient (Wildman–Crippen LogP) is 0.469. The molecular formula is C12H16N4O2. The minimum atomic E-state index is -0.0656. The third-order valence-corrected chi connectivity index (χ3v) is 3.19. The van der Waals surface area contributed by atoms with Crippen LogP contribution in [0.5, 0.6) is 0 Å². The number of hydrogen-bond acceptors (Lipinski definition) is 3.